The minimum Gasteiger partial charge on any atom is -0.497 e. The van der Waals surface area contributed by atoms with Crippen LogP contribution < -0.4 is 15.4 Å². The van der Waals surface area contributed by atoms with Crippen LogP contribution in [0.2, 0.25) is 0 Å². The number of nitrogens with zero attached hydrogens (tertiary/aromatic N) is 1. The average molecular weight is 504 g/mol. The number of para-hydroxylation sites is 1. The lowest BCUT2D eigenvalue weighted by atomic mass is 9.91. The van der Waals surface area contributed by atoms with Crippen molar-refractivity contribution < 1.29 is 32.6 Å². The van der Waals surface area contributed by atoms with Crippen LogP contribution in [0.3, 0.4) is 0 Å². The number of halogens is 3. The Bertz CT molecular complexity index is 1180. The van der Waals surface area contributed by atoms with Gasteiger partial charge in [-0.05, 0) is 56.0 Å². The zero-order valence-electron chi connectivity index (χ0n) is 19.7. The number of benzene rings is 2. The molecule has 1 amide bonds. The molecule has 0 radical (unpaired) electrons. The number of rotatable bonds is 6. The van der Waals surface area contributed by atoms with Gasteiger partial charge < -0.3 is 20.5 Å². The van der Waals surface area contributed by atoms with Gasteiger partial charge in [0.2, 0.25) is 0 Å². The number of carbonyl (C=O) groups is 2. The minimum absolute atomic E-state index is 0.0272. The van der Waals surface area contributed by atoms with Crippen molar-refractivity contribution in [2.45, 2.75) is 50.5 Å². The molecule has 7 nitrogen and oxygen atoms in total. The highest BCUT2D eigenvalue weighted by Gasteiger charge is 2.38. The predicted molar refractivity (Wildman–Crippen MR) is 129 cm³/mol. The summed E-state index contributed by atoms with van der Waals surface area (Å²) in [6, 6.07) is 20.4. The van der Waals surface area contributed by atoms with Crippen LogP contribution in [0.15, 0.2) is 60.7 Å². The Morgan fingerprint density at radius 3 is 2.33 bits per heavy atom. The quantitative estimate of drug-likeness (QED) is 0.451. The number of ether oxygens (including phenoxy) is 1. The minimum atomic E-state index is -5.08. The molecule has 3 aromatic rings. The van der Waals surface area contributed by atoms with Crippen LogP contribution in [0.1, 0.15) is 41.7 Å². The number of amides is 1. The lowest BCUT2D eigenvalue weighted by Crippen LogP contribution is -2.42. The lowest BCUT2D eigenvalue weighted by Gasteiger charge is -2.29. The van der Waals surface area contributed by atoms with Crippen LogP contribution in [0, 0.1) is 0 Å². The first kappa shape index (κ1) is 26.9. The summed E-state index contributed by atoms with van der Waals surface area (Å²) in [6.45, 7) is 0.774. The van der Waals surface area contributed by atoms with E-state index in [-0.39, 0.29) is 11.9 Å². The van der Waals surface area contributed by atoms with Gasteiger partial charge in [0.15, 0.2) is 0 Å². The first-order valence-corrected chi connectivity index (χ1v) is 11.5. The Kier molecular flexibility index (Phi) is 9.24. The number of carbonyl (C=O) groups excluding carboxylic acids is 1. The standard InChI is InChI=1S/C24H27N3O2.C2HF3O2/c1-29-22-7-4-6-18(15-22)24(28)27-20-13-11-19(12-14-20)25-16-21-10-9-17-5-2-3-8-23(17)26-21;3-2(4,5)1(6)7/h2-10,15,19-20,25H,11-14,16H2,1H3,(H,27,28);(H,6,7)/t19-,20+;. The number of pyridine rings is 1. The predicted octanol–water partition coefficient (Wildman–Crippen LogP) is 4.71. The third-order valence-corrected chi connectivity index (χ3v) is 5.86. The van der Waals surface area contributed by atoms with Crippen molar-refractivity contribution in [3.63, 3.8) is 0 Å². The van der Waals surface area contributed by atoms with Crippen molar-refractivity contribution in [3.8, 4) is 5.75 Å². The Balaban J connectivity index is 0.000000454. The smallest absolute Gasteiger partial charge is 0.490 e. The fourth-order valence-corrected chi connectivity index (χ4v) is 3.93. The summed E-state index contributed by atoms with van der Waals surface area (Å²) >= 11 is 0. The summed E-state index contributed by atoms with van der Waals surface area (Å²) in [7, 11) is 1.61. The summed E-state index contributed by atoms with van der Waals surface area (Å²) < 4.78 is 36.9. The number of alkyl halides is 3. The van der Waals surface area contributed by atoms with Crippen molar-refractivity contribution in [2.24, 2.45) is 0 Å². The van der Waals surface area contributed by atoms with E-state index in [4.69, 9.17) is 19.6 Å². The summed E-state index contributed by atoms with van der Waals surface area (Å²) in [5, 5.41) is 15.1. The van der Waals surface area contributed by atoms with Crippen molar-refractivity contribution in [1.29, 1.82) is 0 Å². The third-order valence-electron chi connectivity index (χ3n) is 5.86. The first-order valence-electron chi connectivity index (χ1n) is 11.5. The van der Waals surface area contributed by atoms with Crippen LogP contribution in [0.4, 0.5) is 13.2 Å². The molecule has 36 heavy (non-hydrogen) atoms. The number of aliphatic carboxylic acids is 1. The van der Waals surface area contributed by atoms with E-state index in [0.717, 1.165) is 43.4 Å². The van der Waals surface area contributed by atoms with Crippen molar-refractivity contribution in [2.75, 3.05) is 7.11 Å². The molecule has 4 rings (SSSR count). The Hall–Kier alpha value is -3.66. The van der Waals surface area contributed by atoms with Gasteiger partial charge in [-0.3, -0.25) is 9.78 Å². The van der Waals surface area contributed by atoms with Gasteiger partial charge in [0, 0.05) is 29.6 Å². The second-order valence-corrected chi connectivity index (χ2v) is 8.43. The molecule has 1 aliphatic carbocycles. The summed E-state index contributed by atoms with van der Waals surface area (Å²) in [4.78, 5) is 26.1. The maximum Gasteiger partial charge on any atom is 0.490 e. The SMILES string of the molecule is COc1cccc(C(=O)N[C@H]2CC[C@@H](NCc3ccc4ccccc4n3)CC2)c1.O=C(O)C(F)(F)F. The Labute approximate surface area is 206 Å². The van der Waals surface area contributed by atoms with E-state index in [1.165, 1.54) is 5.39 Å². The molecule has 0 atom stereocenters. The lowest BCUT2D eigenvalue weighted by molar-refractivity contribution is -0.192. The molecule has 3 N–H and O–H groups in total. The van der Waals surface area contributed by atoms with Crippen LogP contribution in [-0.4, -0.2) is 47.3 Å². The fraction of sp³-hybridized carbons (Fsp3) is 0.346. The van der Waals surface area contributed by atoms with Gasteiger partial charge in [0.1, 0.15) is 5.75 Å². The van der Waals surface area contributed by atoms with E-state index in [1.807, 2.05) is 30.3 Å². The van der Waals surface area contributed by atoms with E-state index in [2.05, 4.69) is 34.9 Å². The number of carboxylic acid groups (broad SMARTS) is 1. The van der Waals surface area contributed by atoms with E-state index in [1.54, 1.807) is 13.2 Å². The van der Waals surface area contributed by atoms with E-state index < -0.39 is 12.1 Å². The fourth-order valence-electron chi connectivity index (χ4n) is 3.93. The van der Waals surface area contributed by atoms with Gasteiger partial charge in [-0.1, -0.05) is 30.3 Å². The Morgan fingerprint density at radius 1 is 1.00 bits per heavy atom. The number of carboxylic acids is 1. The van der Waals surface area contributed by atoms with Gasteiger partial charge in [0.25, 0.3) is 5.91 Å². The summed E-state index contributed by atoms with van der Waals surface area (Å²) in [5.74, 6) is -2.08. The van der Waals surface area contributed by atoms with Gasteiger partial charge >= 0.3 is 12.1 Å². The van der Waals surface area contributed by atoms with E-state index in [0.29, 0.717) is 17.4 Å². The molecule has 0 spiro atoms. The van der Waals surface area contributed by atoms with Crippen LogP contribution >= 0.6 is 0 Å². The molecule has 1 fully saturated rings. The molecule has 1 aliphatic rings. The molecule has 0 aliphatic heterocycles. The average Bonchev–Trinajstić information content (AvgIpc) is 2.88. The molecule has 10 heteroatoms. The summed E-state index contributed by atoms with van der Waals surface area (Å²) in [6.07, 6.45) is -1.01. The highest BCUT2D eigenvalue weighted by molar-refractivity contribution is 5.94. The molecule has 0 bridgehead atoms. The number of nitrogens with one attached hydrogen (secondary N) is 2. The Morgan fingerprint density at radius 2 is 1.67 bits per heavy atom. The molecular weight excluding hydrogens is 475 g/mol. The van der Waals surface area contributed by atoms with Gasteiger partial charge in [-0.15, -0.1) is 0 Å². The molecule has 1 saturated carbocycles. The van der Waals surface area contributed by atoms with Crippen LogP contribution in [0.5, 0.6) is 5.75 Å². The third kappa shape index (κ3) is 7.94. The van der Waals surface area contributed by atoms with E-state index in [9.17, 15) is 18.0 Å². The maximum atomic E-state index is 12.5. The van der Waals surface area contributed by atoms with Crippen molar-refractivity contribution in [3.05, 3.63) is 71.9 Å². The van der Waals surface area contributed by atoms with Gasteiger partial charge in [-0.25, -0.2) is 4.79 Å². The monoisotopic (exact) mass is 503 g/mol. The van der Waals surface area contributed by atoms with Crippen molar-refractivity contribution >= 4 is 22.8 Å². The molecule has 2 aromatic carbocycles. The number of fused-ring (bicyclic) bond motifs is 1. The first-order chi connectivity index (χ1) is 17.2. The molecule has 0 saturated heterocycles. The second kappa shape index (κ2) is 12.3. The molecular formula is C26H28F3N3O4. The number of aromatic nitrogens is 1. The molecule has 0 unspecified atom stereocenters. The maximum absolute atomic E-state index is 12.5. The van der Waals surface area contributed by atoms with E-state index >= 15 is 0 Å². The molecule has 1 heterocycles. The summed E-state index contributed by atoms with van der Waals surface area (Å²) in [5.41, 5.74) is 2.75. The zero-order chi connectivity index (χ0) is 26.1. The van der Waals surface area contributed by atoms with Crippen LogP contribution in [-0.2, 0) is 11.3 Å². The second-order valence-electron chi connectivity index (χ2n) is 8.43. The zero-order valence-corrected chi connectivity index (χ0v) is 19.7. The topological polar surface area (TPSA) is 101 Å². The highest BCUT2D eigenvalue weighted by atomic mass is 19.4. The number of hydrogen-bond donors (Lipinski definition) is 3. The van der Waals surface area contributed by atoms with Crippen molar-refractivity contribution in [1.82, 2.24) is 15.6 Å². The normalized spacial score (nSPS) is 17.6. The van der Waals surface area contributed by atoms with Gasteiger partial charge in [0.05, 0.1) is 18.3 Å². The van der Waals surface area contributed by atoms with Gasteiger partial charge in [-0.2, -0.15) is 13.2 Å². The number of hydrogen-bond acceptors (Lipinski definition) is 5. The highest BCUT2D eigenvalue weighted by Crippen LogP contribution is 2.21. The van der Waals surface area contributed by atoms with Crippen LogP contribution in [0.25, 0.3) is 10.9 Å². The molecule has 1 aromatic heterocycles. The molecule has 192 valence electrons. The largest absolute Gasteiger partial charge is 0.497 e. The number of methoxy groups -OCH3 is 1.